The molecule has 10 nitrogen and oxygen atoms in total. The van der Waals surface area contributed by atoms with Crippen molar-refractivity contribution in [3.8, 4) is 22.8 Å². The highest BCUT2D eigenvalue weighted by Gasteiger charge is 2.17. The van der Waals surface area contributed by atoms with Gasteiger partial charge in [0.1, 0.15) is 24.0 Å². The lowest BCUT2D eigenvalue weighted by molar-refractivity contribution is 0.271. The predicted octanol–water partition coefficient (Wildman–Crippen LogP) is 3.63. The standard InChI is InChI=1S/C22H21ClN6O3.C2H7N.C2H6/c1-13-10-25-17(16-4-6-24-20(11-30)26-16)9-18(13)29-14(2)8-19(21(23)22(29)31)32-12-15-5-7-28(3)27-15;1-3-2;1-2/h4-10,30H,11-12H2,1-3H3;3H,1-2H3;1-2H3. The third-order valence-electron chi connectivity index (χ3n) is 4.87. The summed E-state index contributed by atoms with van der Waals surface area (Å²) >= 11 is 6.39. The molecule has 0 radical (unpaired) electrons. The summed E-state index contributed by atoms with van der Waals surface area (Å²) in [5.41, 5.74) is 3.47. The highest BCUT2D eigenvalue weighted by molar-refractivity contribution is 6.31. The predicted molar refractivity (Wildman–Crippen MR) is 145 cm³/mol. The molecule has 198 valence electrons. The van der Waals surface area contributed by atoms with Crippen molar-refractivity contribution in [2.75, 3.05) is 14.1 Å². The first kappa shape index (κ1) is 29.6. The van der Waals surface area contributed by atoms with Crippen LogP contribution in [-0.4, -0.2) is 48.5 Å². The summed E-state index contributed by atoms with van der Waals surface area (Å²) in [6.45, 7) is 7.58. The Morgan fingerprint density at radius 2 is 1.81 bits per heavy atom. The lowest BCUT2D eigenvalue weighted by Crippen LogP contribution is -2.22. The summed E-state index contributed by atoms with van der Waals surface area (Å²) in [7, 11) is 5.57. The number of pyridine rings is 2. The Balaban J connectivity index is 0.000000898. The molecule has 0 aliphatic carbocycles. The topological polar surface area (TPSA) is 120 Å². The summed E-state index contributed by atoms with van der Waals surface area (Å²) in [4.78, 5) is 25.9. The molecule has 4 heterocycles. The molecule has 4 aromatic rings. The summed E-state index contributed by atoms with van der Waals surface area (Å²) in [5, 5.41) is 16.3. The van der Waals surface area contributed by atoms with E-state index in [1.54, 1.807) is 42.2 Å². The van der Waals surface area contributed by atoms with Crippen LogP contribution in [0.15, 0.2) is 47.7 Å². The fourth-order valence-corrected chi connectivity index (χ4v) is 3.48. The molecule has 0 amide bonds. The molecule has 0 atom stereocenters. The molecule has 4 aromatic heterocycles. The molecule has 37 heavy (non-hydrogen) atoms. The van der Waals surface area contributed by atoms with Gasteiger partial charge in [0, 0.05) is 37.4 Å². The molecule has 0 aliphatic rings. The van der Waals surface area contributed by atoms with Crippen molar-refractivity contribution in [2.24, 2.45) is 7.05 Å². The molecule has 0 saturated heterocycles. The third kappa shape index (κ3) is 7.45. The number of nitrogens with one attached hydrogen (secondary N) is 1. The van der Waals surface area contributed by atoms with E-state index in [2.05, 4.69) is 25.4 Å². The van der Waals surface area contributed by atoms with Gasteiger partial charge in [-0.05, 0) is 51.7 Å². The maximum atomic E-state index is 13.2. The van der Waals surface area contributed by atoms with Crippen LogP contribution in [0.3, 0.4) is 0 Å². The minimum Gasteiger partial charge on any atom is -0.485 e. The molecule has 11 heteroatoms. The molecule has 0 aliphatic heterocycles. The van der Waals surface area contributed by atoms with Gasteiger partial charge < -0.3 is 15.2 Å². The number of aliphatic hydroxyl groups is 1. The molecule has 0 spiro atoms. The van der Waals surface area contributed by atoms with Crippen molar-refractivity contribution >= 4 is 11.6 Å². The Hall–Kier alpha value is -3.60. The summed E-state index contributed by atoms with van der Waals surface area (Å²) in [5.74, 6) is 0.587. The van der Waals surface area contributed by atoms with E-state index in [0.29, 0.717) is 28.5 Å². The van der Waals surface area contributed by atoms with E-state index >= 15 is 0 Å². The maximum absolute atomic E-state index is 13.2. The van der Waals surface area contributed by atoms with Crippen LogP contribution in [-0.2, 0) is 20.3 Å². The van der Waals surface area contributed by atoms with Gasteiger partial charge in [0.2, 0.25) is 0 Å². The largest absolute Gasteiger partial charge is 0.485 e. The van der Waals surface area contributed by atoms with Gasteiger partial charge >= 0.3 is 0 Å². The Bertz CT molecular complexity index is 1370. The number of aliphatic hydroxyl groups excluding tert-OH is 1. The zero-order valence-corrected chi connectivity index (χ0v) is 23.0. The second-order valence-corrected chi connectivity index (χ2v) is 8.12. The number of hydrogen-bond acceptors (Lipinski definition) is 8. The van der Waals surface area contributed by atoms with Crippen molar-refractivity contribution < 1.29 is 9.84 Å². The highest BCUT2D eigenvalue weighted by Crippen LogP contribution is 2.26. The average Bonchev–Trinajstić information content (AvgIpc) is 3.33. The minimum atomic E-state index is -0.401. The van der Waals surface area contributed by atoms with Gasteiger partial charge in [-0.3, -0.25) is 19.0 Å². The maximum Gasteiger partial charge on any atom is 0.277 e. The van der Waals surface area contributed by atoms with Crippen molar-refractivity contribution in [1.29, 1.82) is 0 Å². The molecule has 2 N–H and O–H groups in total. The van der Waals surface area contributed by atoms with E-state index < -0.39 is 5.56 Å². The second-order valence-electron chi connectivity index (χ2n) is 7.75. The third-order valence-corrected chi connectivity index (χ3v) is 5.22. The average molecular weight is 528 g/mol. The molecule has 0 saturated carbocycles. The van der Waals surface area contributed by atoms with E-state index in [0.717, 1.165) is 11.3 Å². The number of halogens is 1. The molecular weight excluding hydrogens is 494 g/mol. The first-order chi connectivity index (χ1) is 17.8. The zero-order chi connectivity index (χ0) is 27.5. The molecule has 0 fully saturated rings. The van der Waals surface area contributed by atoms with Gasteiger partial charge in [-0.25, -0.2) is 9.97 Å². The highest BCUT2D eigenvalue weighted by atomic mass is 35.5. The van der Waals surface area contributed by atoms with Gasteiger partial charge in [0.15, 0.2) is 5.82 Å². The molecule has 0 aromatic carbocycles. The van der Waals surface area contributed by atoms with Crippen LogP contribution in [0.1, 0.15) is 36.6 Å². The van der Waals surface area contributed by atoms with Crippen LogP contribution in [0.25, 0.3) is 17.1 Å². The van der Waals surface area contributed by atoms with Crippen LogP contribution in [0.5, 0.6) is 5.75 Å². The summed E-state index contributed by atoms with van der Waals surface area (Å²) < 4.78 is 8.96. The number of ether oxygens (including phenoxy) is 1. The number of rotatable bonds is 6. The van der Waals surface area contributed by atoms with Gasteiger partial charge in [-0.2, -0.15) is 5.10 Å². The Kier molecular flexibility index (Phi) is 11.4. The van der Waals surface area contributed by atoms with Gasteiger partial charge in [-0.1, -0.05) is 25.4 Å². The van der Waals surface area contributed by atoms with Crippen LogP contribution in [0.2, 0.25) is 5.02 Å². The number of aryl methyl sites for hydroxylation is 3. The van der Waals surface area contributed by atoms with E-state index in [-0.39, 0.29) is 24.1 Å². The van der Waals surface area contributed by atoms with Crippen molar-refractivity contribution in [1.82, 2.24) is 34.6 Å². The smallest absolute Gasteiger partial charge is 0.277 e. The first-order valence-corrected chi connectivity index (χ1v) is 12.2. The van der Waals surface area contributed by atoms with Crippen molar-refractivity contribution in [2.45, 2.75) is 40.9 Å². The van der Waals surface area contributed by atoms with Gasteiger partial charge in [-0.15, -0.1) is 0 Å². The lowest BCUT2D eigenvalue weighted by Gasteiger charge is -2.16. The fourth-order valence-electron chi connectivity index (χ4n) is 3.29. The van der Waals surface area contributed by atoms with Crippen molar-refractivity contribution in [3.05, 3.63) is 81.0 Å². The van der Waals surface area contributed by atoms with E-state index in [1.165, 1.54) is 4.57 Å². The Labute approximate surface area is 222 Å². The van der Waals surface area contributed by atoms with E-state index in [4.69, 9.17) is 16.3 Å². The van der Waals surface area contributed by atoms with E-state index in [9.17, 15) is 9.90 Å². The molecular formula is C26H34ClN7O3. The van der Waals surface area contributed by atoms with Crippen LogP contribution >= 0.6 is 11.6 Å². The van der Waals surface area contributed by atoms with Gasteiger partial charge in [0.25, 0.3) is 5.56 Å². The number of nitrogens with zero attached hydrogens (tertiary/aromatic N) is 6. The van der Waals surface area contributed by atoms with Crippen molar-refractivity contribution in [3.63, 3.8) is 0 Å². The quantitative estimate of drug-likeness (QED) is 0.390. The molecule has 4 rings (SSSR count). The summed E-state index contributed by atoms with van der Waals surface area (Å²) in [6, 6.07) is 7.01. The Morgan fingerprint density at radius 3 is 2.43 bits per heavy atom. The van der Waals surface area contributed by atoms with E-state index in [1.807, 2.05) is 54.2 Å². The fraction of sp³-hybridized carbons (Fsp3) is 0.346. The lowest BCUT2D eigenvalue weighted by atomic mass is 10.1. The second kappa shape index (κ2) is 14.2. The minimum absolute atomic E-state index is 0.0195. The monoisotopic (exact) mass is 527 g/mol. The summed E-state index contributed by atoms with van der Waals surface area (Å²) in [6.07, 6.45) is 5.03. The number of hydrogen-bond donors (Lipinski definition) is 2. The SMILES string of the molecule is CC.CNC.Cc1cnc(-c2ccnc(CO)n2)cc1-n1c(C)cc(OCc2ccn(C)n2)c(Cl)c1=O. The first-order valence-electron chi connectivity index (χ1n) is 11.8. The van der Waals surface area contributed by atoms with Crippen LogP contribution in [0.4, 0.5) is 0 Å². The van der Waals surface area contributed by atoms with Gasteiger partial charge in [0.05, 0.1) is 22.8 Å². The molecule has 0 bridgehead atoms. The molecule has 0 unspecified atom stereocenters. The zero-order valence-electron chi connectivity index (χ0n) is 22.3. The normalized spacial score (nSPS) is 10.2. The van der Waals surface area contributed by atoms with Crippen LogP contribution < -0.4 is 15.6 Å². The van der Waals surface area contributed by atoms with Crippen LogP contribution in [0, 0.1) is 13.8 Å². The number of aromatic nitrogens is 6. The Morgan fingerprint density at radius 1 is 1.11 bits per heavy atom.